The molecule has 0 radical (unpaired) electrons. The minimum Gasteiger partial charge on any atom is -0.506 e. The molecule has 0 spiro atoms. The first-order chi connectivity index (χ1) is 11.2. The predicted molar refractivity (Wildman–Crippen MR) is 90.5 cm³/mol. The molecule has 24 heavy (non-hydrogen) atoms. The number of carbonyl (C=O) groups excluding carboxylic acids is 1. The first-order valence-corrected chi connectivity index (χ1v) is 9.42. The largest absolute Gasteiger partial charge is 0.506 e. The summed E-state index contributed by atoms with van der Waals surface area (Å²) in [6, 6.07) is 4.21. The van der Waals surface area contributed by atoms with Gasteiger partial charge in [-0.15, -0.1) is 0 Å². The van der Waals surface area contributed by atoms with Crippen molar-refractivity contribution < 1.29 is 23.1 Å². The summed E-state index contributed by atoms with van der Waals surface area (Å²) in [5.74, 6) is -0.654. The summed E-state index contributed by atoms with van der Waals surface area (Å²) < 4.78 is 30.5. The van der Waals surface area contributed by atoms with Gasteiger partial charge in [-0.25, -0.2) is 12.7 Å². The van der Waals surface area contributed by atoms with Crippen LogP contribution in [-0.4, -0.2) is 62.8 Å². The molecule has 1 aromatic carbocycles. The normalized spacial score (nSPS) is 21.2. The zero-order chi connectivity index (χ0) is 17.9. The van der Waals surface area contributed by atoms with Crippen LogP contribution >= 0.6 is 11.6 Å². The monoisotopic (exact) mass is 376 g/mol. The average molecular weight is 377 g/mol. The summed E-state index contributed by atoms with van der Waals surface area (Å²) in [6.45, 7) is 0.582. The second-order valence-corrected chi connectivity index (χ2v) is 8.63. The second-order valence-electron chi connectivity index (χ2n) is 6.00. The van der Waals surface area contributed by atoms with Crippen molar-refractivity contribution in [2.45, 2.75) is 12.5 Å². The highest BCUT2D eigenvalue weighted by molar-refractivity contribution is 7.89. The van der Waals surface area contributed by atoms with Crippen LogP contribution in [0.5, 0.6) is 5.75 Å². The topological polar surface area (TPSA) is 95.9 Å². The van der Waals surface area contributed by atoms with Crippen LogP contribution in [0, 0.1) is 5.92 Å². The maximum absolute atomic E-state index is 12.2. The molecule has 1 fully saturated rings. The Kier molecular flexibility index (Phi) is 6.08. The Morgan fingerprint density at radius 1 is 1.42 bits per heavy atom. The zero-order valence-electron chi connectivity index (χ0n) is 13.5. The van der Waals surface area contributed by atoms with Gasteiger partial charge in [-0.05, 0) is 17.7 Å². The van der Waals surface area contributed by atoms with Crippen LogP contribution in [0.3, 0.4) is 0 Å². The SMILES string of the molecule is CN(C)S(=O)(=O)C[C@@H]1COC[C@H]1NC(=O)Cc1ccc(O)c(Cl)c1. The fourth-order valence-corrected chi connectivity index (χ4v) is 3.82. The molecule has 7 nitrogen and oxygen atoms in total. The second kappa shape index (κ2) is 7.69. The highest BCUT2D eigenvalue weighted by Gasteiger charge is 2.34. The third-order valence-electron chi connectivity index (χ3n) is 3.90. The molecule has 0 aromatic heterocycles. The van der Waals surface area contributed by atoms with Gasteiger partial charge in [0.2, 0.25) is 15.9 Å². The lowest BCUT2D eigenvalue weighted by atomic mass is 10.1. The lowest BCUT2D eigenvalue weighted by Gasteiger charge is -2.21. The molecule has 1 heterocycles. The van der Waals surface area contributed by atoms with E-state index in [1.165, 1.54) is 30.5 Å². The molecule has 1 aliphatic rings. The number of amides is 1. The Bertz CT molecular complexity index is 708. The van der Waals surface area contributed by atoms with Crippen LogP contribution in [-0.2, 0) is 26.0 Å². The molecular formula is C15H21ClN2O5S. The summed E-state index contributed by atoms with van der Waals surface area (Å²) in [5, 5.41) is 12.4. The fraction of sp³-hybridized carbons (Fsp3) is 0.533. The Morgan fingerprint density at radius 3 is 2.75 bits per heavy atom. The Balaban J connectivity index is 1.96. The van der Waals surface area contributed by atoms with Gasteiger partial charge in [-0.3, -0.25) is 4.79 Å². The number of nitrogens with one attached hydrogen (secondary N) is 1. The van der Waals surface area contributed by atoms with Crippen LogP contribution in [0.1, 0.15) is 5.56 Å². The molecule has 134 valence electrons. The highest BCUT2D eigenvalue weighted by Crippen LogP contribution is 2.24. The van der Waals surface area contributed by atoms with Crippen molar-refractivity contribution in [2.24, 2.45) is 5.92 Å². The average Bonchev–Trinajstić information content (AvgIpc) is 2.89. The van der Waals surface area contributed by atoms with Crippen LogP contribution < -0.4 is 5.32 Å². The number of rotatable bonds is 6. The van der Waals surface area contributed by atoms with Gasteiger partial charge >= 0.3 is 0 Å². The molecule has 0 saturated carbocycles. The summed E-state index contributed by atoms with van der Waals surface area (Å²) in [7, 11) is -0.404. The van der Waals surface area contributed by atoms with Gasteiger partial charge in [0, 0.05) is 20.0 Å². The minimum absolute atomic E-state index is 0.0426. The van der Waals surface area contributed by atoms with Crippen molar-refractivity contribution >= 4 is 27.5 Å². The third-order valence-corrected chi connectivity index (χ3v) is 6.17. The van der Waals surface area contributed by atoms with Crippen molar-refractivity contribution in [1.29, 1.82) is 0 Å². The number of hydrogen-bond donors (Lipinski definition) is 2. The van der Waals surface area contributed by atoms with Crippen molar-refractivity contribution in [3.05, 3.63) is 28.8 Å². The maximum atomic E-state index is 12.2. The summed E-state index contributed by atoms with van der Waals surface area (Å²) in [6.07, 6.45) is 0.0870. The number of phenolic OH excluding ortho intramolecular Hbond substituents is 1. The number of sulfonamides is 1. The van der Waals surface area contributed by atoms with Gasteiger partial charge in [-0.1, -0.05) is 17.7 Å². The first kappa shape index (κ1) is 19.0. The molecule has 2 N–H and O–H groups in total. The molecule has 0 bridgehead atoms. The standard InChI is InChI=1S/C15H21ClN2O5S/c1-18(2)24(21,22)9-11-7-23-8-13(11)17-15(20)6-10-3-4-14(19)12(16)5-10/h3-5,11,13,19H,6-9H2,1-2H3,(H,17,20)/t11-,13+/m0/s1. The lowest BCUT2D eigenvalue weighted by Crippen LogP contribution is -2.44. The minimum atomic E-state index is -3.36. The third kappa shape index (κ3) is 4.83. The van der Waals surface area contributed by atoms with Crippen molar-refractivity contribution in [2.75, 3.05) is 33.1 Å². The summed E-state index contributed by atoms with van der Waals surface area (Å²) in [5.41, 5.74) is 0.659. The van der Waals surface area contributed by atoms with E-state index >= 15 is 0 Å². The Morgan fingerprint density at radius 2 is 2.12 bits per heavy atom. The number of hydrogen-bond acceptors (Lipinski definition) is 5. The molecular weight excluding hydrogens is 356 g/mol. The number of nitrogens with zero attached hydrogens (tertiary/aromatic N) is 1. The lowest BCUT2D eigenvalue weighted by molar-refractivity contribution is -0.121. The van der Waals surface area contributed by atoms with Gasteiger partial charge in [-0.2, -0.15) is 0 Å². The Hall–Kier alpha value is -1.35. The molecule has 1 aromatic rings. The smallest absolute Gasteiger partial charge is 0.224 e. The van der Waals surface area contributed by atoms with Crippen molar-refractivity contribution in [3.63, 3.8) is 0 Å². The molecule has 9 heteroatoms. The van der Waals surface area contributed by atoms with Gasteiger partial charge in [0.25, 0.3) is 0 Å². The quantitative estimate of drug-likeness (QED) is 0.758. The van der Waals surface area contributed by atoms with Gasteiger partial charge in [0.05, 0.1) is 36.5 Å². The molecule has 1 saturated heterocycles. The number of ether oxygens (including phenoxy) is 1. The maximum Gasteiger partial charge on any atom is 0.224 e. The van der Waals surface area contributed by atoms with Crippen molar-refractivity contribution in [3.8, 4) is 5.75 Å². The van der Waals surface area contributed by atoms with E-state index in [1.807, 2.05) is 0 Å². The van der Waals surface area contributed by atoms with E-state index in [2.05, 4.69) is 5.32 Å². The molecule has 0 unspecified atom stereocenters. The predicted octanol–water partition coefficient (Wildman–Crippen LogP) is 0.611. The number of benzene rings is 1. The summed E-state index contributed by atoms with van der Waals surface area (Å²) >= 11 is 5.82. The van der Waals surface area contributed by atoms with E-state index < -0.39 is 10.0 Å². The van der Waals surface area contributed by atoms with Crippen LogP contribution in [0.2, 0.25) is 5.02 Å². The van der Waals surface area contributed by atoms with Crippen molar-refractivity contribution in [1.82, 2.24) is 9.62 Å². The van der Waals surface area contributed by atoms with E-state index in [4.69, 9.17) is 16.3 Å². The zero-order valence-corrected chi connectivity index (χ0v) is 15.1. The Labute approximate surface area is 146 Å². The molecule has 2 atom stereocenters. The highest BCUT2D eigenvalue weighted by atomic mass is 35.5. The first-order valence-electron chi connectivity index (χ1n) is 7.43. The van der Waals surface area contributed by atoms with Gasteiger partial charge < -0.3 is 15.2 Å². The van der Waals surface area contributed by atoms with E-state index in [9.17, 15) is 18.3 Å². The molecule has 2 rings (SSSR count). The van der Waals surface area contributed by atoms with E-state index in [0.717, 1.165) is 0 Å². The van der Waals surface area contributed by atoms with Crippen LogP contribution in [0.25, 0.3) is 0 Å². The molecule has 1 aliphatic heterocycles. The number of phenols is 1. The fourth-order valence-electron chi connectivity index (χ4n) is 2.45. The van der Waals surface area contributed by atoms with Crippen LogP contribution in [0.4, 0.5) is 0 Å². The van der Waals surface area contributed by atoms with E-state index in [-0.39, 0.29) is 47.4 Å². The number of aromatic hydroxyl groups is 1. The van der Waals surface area contributed by atoms with E-state index in [0.29, 0.717) is 12.2 Å². The van der Waals surface area contributed by atoms with E-state index in [1.54, 1.807) is 6.07 Å². The van der Waals surface area contributed by atoms with Gasteiger partial charge in [0.15, 0.2) is 0 Å². The molecule has 1 amide bonds. The summed E-state index contributed by atoms with van der Waals surface area (Å²) in [4.78, 5) is 12.2. The van der Waals surface area contributed by atoms with Gasteiger partial charge in [0.1, 0.15) is 5.75 Å². The van der Waals surface area contributed by atoms with Crippen LogP contribution in [0.15, 0.2) is 18.2 Å². The molecule has 0 aliphatic carbocycles. The number of halogens is 1. The number of carbonyl (C=O) groups is 1.